The van der Waals surface area contributed by atoms with Crippen LogP contribution in [0.25, 0.3) is 0 Å². The maximum Gasteiger partial charge on any atom is 0.320 e. The standard InChI is InChI=1S/C9H17NO4/c1-6(2)14-9(13)5-10-3-7(11)8(12)4-10/h6-8,11-12H,3-5H2,1-2H3. The lowest BCUT2D eigenvalue weighted by Gasteiger charge is -2.14. The molecule has 0 aromatic carbocycles. The maximum absolute atomic E-state index is 11.2. The summed E-state index contributed by atoms with van der Waals surface area (Å²) in [5.74, 6) is -0.318. The van der Waals surface area contributed by atoms with E-state index in [-0.39, 0.29) is 18.6 Å². The van der Waals surface area contributed by atoms with Crippen molar-refractivity contribution in [1.82, 2.24) is 4.90 Å². The van der Waals surface area contributed by atoms with Crippen molar-refractivity contribution in [3.05, 3.63) is 0 Å². The van der Waals surface area contributed by atoms with Gasteiger partial charge < -0.3 is 14.9 Å². The Hall–Kier alpha value is -0.650. The molecule has 1 rings (SSSR count). The smallest absolute Gasteiger partial charge is 0.320 e. The summed E-state index contributed by atoms with van der Waals surface area (Å²) in [5, 5.41) is 18.4. The van der Waals surface area contributed by atoms with Crippen molar-refractivity contribution in [1.29, 1.82) is 0 Å². The van der Waals surface area contributed by atoms with Gasteiger partial charge in [0.25, 0.3) is 0 Å². The van der Waals surface area contributed by atoms with E-state index in [9.17, 15) is 15.0 Å². The van der Waals surface area contributed by atoms with E-state index in [1.54, 1.807) is 18.7 Å². The van der Waals surface area contributed by atoms with E-state index >= 15 is 0 Å². The predicted octanol–water partition coefficient (Wildman–Crippen LogP) is -1.02. The van der Waals surface area contributed by atoms with Crippen LogP contribution in [0.3, 0.4) is 0 Å². The highest BCUT2D eigenvalue weighted by Gasteiger charge is 2.30. The lowest BCUT2D eigenvalue weighted by molar-refractivity contribution is -0.148. The number of aliphatic hydroxyl groups excluding tert-OH is 2. The van der Waals surface area contributed by atoms with Crippen molar-refractivity contribution in [2.24, 2.45) is 0 Å². The number of likely N-dealkylation sites (tertiary alicyclic amines) is 1. The number of ether oxygens (including phenoxy) is 1. The molecule has 0 radical (unpaired) electrons. The number of aliphatic hydroxyl groups is 2. The van der Waals surface area contributed by atoms with Gasteiger partial charge in [0, 0.05) is 13.1 Å². The molecule has 0 spiro atoms. The molecule has 1 aliphatic heterocycles. The number of esters is 1. The van der Waals surface area contributed by atoms with Gasteiger partial charge in [-0.2, -0.15) is 0 Å². The Bertz CT molecular complexity index is 197. The van der Waals surface area contributed by atoms with Gasteiger partial charge in [-0.05, 0) is 13.8 Å². The fourth-order valence-corrected chi connectivity index (χ4v) is 1.46. The van der Waals surface area contributed by atoms with E-state index in [2.05, 4.69) is 0 Å². The number of carbonyl (C=O) groups is 1. The molecule has 1 aliphatic rings. The molecule has 2 atom stereocenters. The van der Waals surface area contributed by atoms with Crippen LogP contribution in [0, 0.1) is 0 Å². The van der Waals surface area contributed by atoms with Crippen LogP contribution in [-0.2, 0) is 9.53 Å². The fourth-order valence-electron chi connectivity index (χ4n) is 1.46. The van der Waals surface area contributed by atoms with Crippen molar-refractivity contribution >= 4 is 5.97 Å². The van der Waals surface area contributed by atoms with E-state index in [0.717, 1.165) is 0 Å². The molecule has 0 aromatic heterocycles. The SMILES string of the molecule is CC(C)OC(=O)CN1CC(O)C(O)C1. The van der Waals surface area contributed by atoms with Crippen LogP contribution in [0.5, 0.6) is 0 Å². The van der Waals surface area contributed by atoms with Crippen molar-refractivity contribution in [3.63, 3.8) is 0 Å². The number of hydrogen-bond donors (Lipinski definition) is 2. The van der Waals surface area contributed by atoms with Crippen molar-refractivity contribution in [2.45, 2.75) is 32.2 Å². The third kappa shape index (κ3) is 3.25. The Labute approximate surface area is 83.3 Å². The van der Waals surface area contributed by atoms with Gasteiger partial charge in [-0.1, -0.05) is 0 Å². The number of β-amino-alcohol motifs (C(OH)–C–C–N with tert-alkyl or cyclic N) is 2. The summed E-state index contributed by atoms with van der Waals surface area (Å²) in [7, 11) is 0. The van der Waals surface area contributed by atoms with Crippen molar-refractivity contribution in [3.8, 4) is 0 Å². The minimum atomic E-state index is -0.748. The fraction of sp³-hybridized carbons (Fsp3) is 0.889. The van der Waals surface area contributed by atoms with E-state index in [1.807, 2.05) is 0 Å². The molecule has 5 nitrogen and oxygen atoms in total. The van der Waals surface area contributed by atoms with Gasteiger partial charge >= 0.3 is 5.97 Å². The number of hydrogen-bond acceptors (Lipinski definition) is 5. The summed E-state index contributed by atoms with van der Waals surface area (Å²) in [6, 6.07) is 0. The second-order valence-corrected chi connectivity index (χ2v) is 3.87. The lowest BCUT2D eigenvalue weighted by Crippen LogP contribution is -2.31. The second kappa shape index (κ2) is 4.72. The normalized spacial score (nSPS) is 28.4. The molecule has 0 aromatic rings. The van der Waals surface area contributed by atoms with Crippen LogP contribution >= 0.6 is 0 Å². The van der Waals surface area contributed by atoms with E-state index in [1.165, 1.54) is 0 Å². The van der Waals surface area contributed by atoms with Crippen LogP contribution in [0.4, 0.5) is 0 Å². The highest BCUT2D eigenvalue weighted by molar-refractivity contribution is 5.71. The topological polar surface area (TPSA) is 70.0 Å². The van der Waals surface area contributed by atoms with Crippen molar-refractivity contribution < 1.29 is 19.7 Å². The van der Waals surface area contributed by atoms with Crippen LogP contribution in [-0.4, -0.2) is 59.0 Å². The van der Waals surface area contributed by atoms with Crippen LogP contribution in [0.2, 0.25) is 0 Å². The Morgan fingerprint density at radius 1 is 1.43 bits per heavy atom. The summed E-state index contributed by atoms with van der Waals surface area (Å²) in [6.07, 6.45) is -1.62. The highest BCUT2D eigenvalue weighted by Crippen LogP contribution is 2.09. The van der Waals surface area contributed by atoms with Crippen LogP contribution in [0.15, 0.2) is 0 Å². The molecule has 14 heavy (non-hydrogen) atoms. The number of rotatable bonds is 3. The summed E-state index contributed by atoms with van der Waals surface area (Å²) >= 11 is 0. The molecular formula is C9H17NO4. The van der Waals surface area contributed by atoms with Gasteiger partial charge in [-0.3, -0.25) is 9.69 Å². The molecule has 5 heteroatoms. The minimum Gasteiger partial charge on any atom is -0.462 e. The molecule has 0 amide bonds. The quantitative estimate of drug-likeness (QED) is 0.574. The minimum absolute atomic E-state index is 0.125. The van der Waals surface area contributed by atoms with Crippen molar-refractivity contribution in [2.75, 3.05) is 19.6 Å². The molecule has 0 saturated carbocycles. The molecule has 2 unspecified atom stereocenters. The summed E-state index contributed by atoms with van der Waals surface area (Å²) in [5.41, 5.74) is 0. The Morgan fingerprint density at radius 2 is 1.93 bits per heavy atom. The molecule has 1 fully saturated rings. The Morgan fingerprint density at radius 3 is 2.36 bits per heavy atom. The van der Waals surface area contributed by atoms with Gasteiger partial charge in [-0.15, -0.1) is 0 Å². The first kappa shape index (κ1) is 11.4. The third-order valence-electron chi connectivity index (χ3n) is 2.05. The molecular weight excluding hydrogens is 186 g/mol. The van der Waals surface area contributed by atoms with Crippen LogP contribution in [0.1, 0.15) is 13.8 Å². The molecule has 1 heterocycles. The van der Waals surface area contributed by atoms with Gasteiger partial charge in [0.05, 0.1) is 24.9 Å². The van der Waals surface area contributed by atoms with E-state index < -0.39 is 12.2 Å². The lowest BCUT2D eigenvalue weighted by atomic mass is 10.3. The number of nitrogens with zero attached hydrogens (tertiary/aromatic N) is 1. The molecule has 2 N–H and O–H groups in total. The summed E-state index contributed by atoms with van der Waals surface area (Å²) < 4.78 is 4.94. The zero-order valence-electron chi connectivity index (χ0n) is 8.51. The first-order valence-electron chi connectivity index (χ1n) is 4.77. The maximum atomic E-state index is 11.2. The second-order valence-electron chi connectivity index (χ2n) is 3.87. The average molecular weight is 203 g/mol. The number of carbonyl (C=O) groups excluding carboxylic acids is 1. The van der Waals surface area contributed by atoms with Gasteiger partial charge in [0.15, 0.2) is 0 Å². The largest absolute Gasteiger partial charge is 0.462 e. The van der Waals surface area contributed by atoms with E-state index in [4.69, 9.17) is 4.74 Å². The zero-order valence-corrected chi connectivity index (χ0v) is 8.51. The third-order valence-corrected chi connectivity index (χ3v) is 2.05. The highest BCUT2D eigenvalue weighted by atomic mass is 16.5. The van der Waals surface area contributed by atoms with Gasteiger partial charge in [0.2, 0.25) is 0 Å². The predicted molar refractivity (Wildman–Crippen MR) is 49.7 cm³/mol. The zero-order chi connectivity index (χ0) is 10.7. The van der Waals surface area contributed by atoms with Crippen LogP contribution < -0.4 is 0 Å². The molecule has 1 saturated heterocycles. The first-order valence-corrected chi connectivity index (χ1v) is 4.77. The Balaban J connectivity index is 2.28. The average Bonchev–Trinajstić information content (AvgIpc) is 2.28. The molecule has 0 bridgehead atoms. The molecule has 0 aliphatic carbocycles. The first-order chi connectivity index (χ1) is 6.49. The Kier molecular flexibility index (Phi) is 3.86. The van der Waals surface area contributed by atoms with E-state index in [0.29, 0.717) is 13.1 Å². The monoisotopic (exact) mass is 203 g/mol. The summed E-state index contributed by atoms with van der Waals surface area (Å²) in [4.78, 5) is 12.9. The van der Waals surface area contributed by atoms with Gasteiger partial charge in [-0.25, -0.2) is 0 Å². The summed E-state index contributed by atoms with van der Waals surface area (Å²) in [6.45, 7) is 4.35. The molecule has 82 valence electrons. The van der Waals surface area contributed by atoms with Gasteiger partial charge in [0.1, 0.15) is 0 Å².